The fourth-order valence-corrected chi connectivity index (χ4v) is 9.77. The molecule has 98 valence electrons. The maximum Gasteiger partial charge on any atom is 0.502 e. The Balaban J connectivity index is 4.81. The molecule has 0 aliphatic rings. The molecule has 5 nitrogen and oxygen atoms in total. The van der Waals surface area contributed by atoms with E-state index in [1.165, 1.54) is 0 Å². The Morgan fingerprint density at radius 2 is 1.19 bits per heavy atom. The molecule has 0 amide bonds. The zero-order valence-corrected chi connectivity index (χ0v) is 13.2. The summed E-state index contributed by atoms with van der Waals surface area (Å²) in [7, 11) is 3.32. The van der Waals surface area contributed by atoms with Gasteiger partial charge < -0.3 is 22.1 Å². The first kappa shape index (κ1) is 16.2. The van der Waals surface area contributed by atoms with Crippen LogP contribution in [0.2, 0.25) is 11.7 Å². The van der Waals surface area contributed by atoms with E-state index in [4.69, 9.17) is 22.1 Å². The van der Waals surface area contributed by atoms with Crippen molar-refractivity contribution in [3.63, 3.8) is 0 Å². The second-order valence-electron chi connectivity index (χ2n) is 3.54. The van der Waals surface area contributed by atoms with Gasteiger partial charge >= 0.3 is 17.4 Å². The van der Waals surface area contributed by atoms with Gasteiger partial charge in [-0.25, -0.2) is 0 Å². The van der Waals surface area contributed by atoms with Gasteiger partial charge in [0.1, 0.15) is 0 Å². The largest absolute Gasteiger partial charge is 0.502 e. The van der Waals surface area contributed by atoms with Gasteiger partial charge in [-0.1, -0.05) is 13.3 Å². The quantitative estimate of drug-likeness (QED) is 0.594. The van der Waals surface area contributed by atoms with Crippen molar-refractivity contribution in [2.45, 2.75) is 25.1 Å². The molecule has 0 aliphatic heterocycles. The molecule has 0 saturated carbocycles. The normalized spacial score (nSPS) is 13.1. The van der Waals surface area contributed by atoms with E-state index >= 15 is 0 Å². The summed E-state index contributed by atoms with van der Waals surface area (Å²) in [6, 6.07) is 0.908. The molecular weight excluding hydrogens is 244 g/mol. The zero-order valence-electron chi connectivity index (χ0n) is 11.2. The first-order valence-corrected chi connectivity index (χ1v) is 9.49. The summed E-state index contributed by atoms with van der Waals surface area (Å²) in [5.74, 6) is 0. The maximum absolute atomic E-state index is 5.60. The average Bonchev–Trinajstić information content (AvgIpc) is 2.35. The fraction of sp³-hybridized carbons (Fsp3) is 1.00. The van der Waals surface area contributed by atoms with E-state index in [0.717, 1.165) is 12.5 Å². The minimum atomic E-state index is -2.62. The Bertz CT molecular complexity index is 174. The highest BCUT2D eigenvalue weighted by molar-refractivity contribution is 6.83. The molecule has 0 heterocycles. The molecule has 0 bridgehead atoms. The van der Waals surface area contributed by atoms with Crippen molar-refractivity contribution in [2.24, 2.45) is 0 Å². The fourth-order valence-electron chi connectivity index (χ4n) is 1.70. The molecule has 16 heavy (non-hydrogen) atoms. The van der Waals surface area contributed by atoms with E-state index in [1.807, 2.05) is 0 Å². The minimum Gasteiger partial charge on any atom is -0.398 e. The smallest absolute Gasteiger partial charge is 0.398 e. The van der Waals surface area contributed by atoms with E-state index in [0.29, 0.717) is 5.67 Å². The molecule has 0 aliphatic carbocycles. The number of hydrogen-bond donors (Lipinski definition) is 0. The second-order valence-corrected chi connectivity index (χ2v) is 10.7. The molecule has 7 heteroatoms. The van der Waals surface area contributed by atoms with Crippen molar-refractivity contribution in [3.8, 4) is 0 Å². The van der Waals surface area contributed by atoms with Crippen LogP contribution in [-0.4, -0.2) is 52.9 Å². The lowest BCUT2D eigenvalue weighted by Crippen LogP contribution is -2.54. The Labute approximate surface area is 101 Å². The summed E-state index contributed by atoms with van der Waals surface area (Å²) >= 11 is 0. The van der Waals surface area contributed by atoms with Gasteiger partial charge in [0.2, 0.25) is 0 Å². The highest BCUT2D eigenvalue weighted by Gasteiger charge is 2.51. The second kappa shape index (κ2) is 7.54. The van der Waals surface area contributed by atoms with Crippen LogP contribution in [0.15, 0.2) is 0 Å². The topological polar surface area (TPSA) is 46.2 Å². The van der Waals surface area contributed by atoms with Crippen molar-refractivity contribution in [1.82, 2.24) is 0 Å². The van der Waals surface area contributed by atoms with Crippen molar-refractivity contribution in [1.29, 1.82) is 0 Å². The van der Waals surface area contributed by atoms with Crippen LogP contribution in [0.1, 0.15) is 13.3 Å². The zero-order chi connectivity index (χ0) is 12.7. The lowest BCUT2D eigenvalue weighted by molar-refractivity contribution is 0.122. The van der Waals surface area contributed by atoms with Crippen molar-refractivity contribution < 1.29 is 22.1 Å². The van der Waals surface area contributed by atoms with Crippen LogP contribution in [0.5, 0.6) is 0 Å². The first-order valence-electron chi connectivity index (χ1n) is 5.33. The lowest BCUT2D eigenvalue weighted by atomic mass is 10.6. The highest BCUT2D eigenvalue weighted by Crippen LogP contribution is 2.27. The Morgan fingerprint density at radius 1 is 0.750 bits per heavy atom. The first-order chi connectivity index (χ1) is 7.57. The van der Waals surface area contributed by atoms with Crippen LogP contribution in [0.3, 0.4) is 0 Å². The van der Waals surface area contributed by atoms with E-state index in [1.54, 1.807) is 35.5 Å². The Hall–Kier alpha value is 0.234. The van der Waals surface area contributed by atoms with Gasteiger partial charge in [-0.15, -0.1) is 0 Å². The molecule has 0 aromatic carbocycles. The van der Waals surface area contributed by atoms with E-state index in [-0.39, 0.29) is 0 Å². The summed E-state index contributed by atoms with van der Waals surface area (Å²) < 4.78 is 27.4. The van der Waals surface area contributed by atoms with Gasteiger partial charge in [-0.05, 0) is 6.04 Å². The van der Waals surface area contributed by atoms with Crippen LogP contribution in [0.4, 0.5) is 0 Å². The highest BCUT2D eigenvalue weighted by atomic mass is 28.4. The van der Waals surface area contributed by atoms with Gasteiger partial charge in [0.05, 0.1) is 5.67 Å². The molecule has 0 N–H and O–H groups in total. The number of rotatable bonds is 9. The van der Waals surface area contributed by atoms with Crippen LogP contribution in [0, 0.1) is 0 Å². The summed E-state index contributed by atoms with van der Waals surface area (Å²) in [5.41, 5.74) is 0.615. The summed E-state index contributed by atoms with van der Waals surface area (Å²) in [6.07, 6.45) is 1.01. The third kappa shape index (κ3) is 3.91. The minimum absolute atomic E-state index is 0.615. The van der Waals surface area contributed by atoms with Gasteiger partial charge in [0.25, 0.3) is 0 Å². The van der Waals surface area contributed by atoms with Gasteiger partial charge in [0, 0.05) is 35.5 Å². The van der Waals surface area contributed by atoms with Crippen LogP contribution < -0.4 is 0 Å². The molecule has 0 unspecified atom stereocenters. The van der Waals surface area contributed by atoms with Gasteiger partial charge in [-0.3, -0.25) is 0 Å². The molecule has 0 aromatic heterocycles. The standard InChI is InChI=1S/C9H24O5Si2/c1-7-8-15(10-2,11-3)9-16(12-4,13-5)14-6/h7-9H2,1-6H3. The van der Waals surface area contributed by atoms with Crippen molar-refractivity contribution in [2.75, 3.05) is 35.5 Å². The molecule has 0 fully saturated rings. The van der Waals surface area contributed by atoms with Crippen molar-refractivity contribution in [3.05, 3.63) is 0 Å². The Morgan fingerprint density at radius 3 is 1.44 bits per heavy atom. The van der Waals surface area contributed by atoms with Gasteiger partial charge in [0.15, 0.2) is 0 Å². The third-order valence-corrected chi connectivity index (χ3v) is 11.3. The molecule has 0 rings (SSSR count). The summed E-state index contributed by atoms with van der Waals surface area (Å²) in [4.78, 5) is 0. The molecule has 0 atom stereocenters. The Kier molecular flexibility index (Phi) is 7.65. The van der Waals surface area contributed by atoms with E-state index < -0.39 is 17.4 Å². The van der Waals surface area contributed by atoms with Crippen molar-refractivity contribution >= 4 is 17.4 Å². The number of hydrogen-bond acceptors (Lipinski definition) is 5. The van der Waals surface area contributed by atoms with Crippen LogP contribution in [-0.2, 0) is 22.1 Å². The van der Waals surface area contributed by atoms with E-state index in [9.17, 15) is 0 Å². The predicted octanol–water partition coefficient (Wildman–Crippen LogP) is 1.55. The average molecular weight is 268 g/mol. The summed E-state index contributed by atoms with van der Waals surface area (Å²) in [6.45, 7) is 2.11. The monoisotopic (exact) mass is 268 g/mol. The third-order valence-electron chi connectivity index (χ3n) is 2.79. The van der Waals surface area contributed by atoms with Crippen LogP contribution in [0.25, 0.3) is 0 Å². The molecule has 0 radical (unpaired) electrons. The lowest BCUT2D eigenvalue weighted by Gasteiger charge is -2.33. The molecule has 0 spiro atoms. The molecular formula is C9H24O5Si2. The SMILES string of the molecule is CCC[Si](C[Si](OC)(OC)OC)(OC)OC. The van der Waals surface area contributed by atoms with E-state index in [2.05, 4.69) is 6.92 Å². The molecule has 0 saturated heterocycles. The molecule has 0 aromatic rings. The van der Waals surface area contributed by atoms with Gasteiger partial charge in [-0.2, -0.15) is 0 Å². The summed E-state index contributed by atoms with van der Waals surface area (Å²) in [5, 5.41) is 0. The van der Waals surface area contributed by atoms with Crippen LogP contribution >= 0.6 is 0 Å². The maximum atomic E-state index is 5.60. The predicted molar refractivity (Wildman–Crippen MR) is 66.5 cm³/mol.